The molecule has 0 aromatic heterocycles. The molecule has 1 aromatic carbocycles. The van der Waals surface area contributed by atoms with Crippen LogP contribution in [0.3, 0.4) is 0 Å². The molecule has 1 amide bonds. The monoisotopic (exact) mass is 273 g/mol. The standard InChI is InChI=1S/C18H27NO/c1-5-7-9-13-12-18(3,4)14-10-8-11-15(17(13)14)19-16(20)6-2/h8,10-11,13H,5-7,9,12H2,1-4H3,(H,19,20). The van der Waals surface area contributed by atoms with Crippen molar-refractivity contribution in [1.82, 2.24) is 0 Å². The molecule has 0 radical (unpaired) electrons. The summed E-state index contributed by atoms with van der Waals surface area (Å²) in [5.41, 5.74) is 4.09. The molecule has 20 heavy (non-hydrogen) atoms. The summed E-state index contributed by atoms with van der Waals surface area (Å²) in [7, 11) is 0. The van der Waals surface area contributed by atoms with Gasteiger partial charge in [-0.05, 0) is 41.4 Å². The van der Waals surface area contributed by atoms with Gasteiger partial charge in [0.2, 0.25) is 5.91 Å². The number of benzene rings is 1. The van der Waals surface area contributed by atoms with Crippen molar-refractivity contribution in [2.45, 2.75) is 71.1 Å². The van der Waals surface area contributed by atoms with Gasteiger partial charge < -0.3 is 5.32 Å². The number of rotatable bonds is 5. The van der Waals surface area contributed by atoms with Crippen LogP contribution in [-0.2, 0) is 10.2 Å². The molecule has 1 atom stereocenters. The van der Waals surface area contributed by atoms with Crippen LogP contribution in [0.25, 0.3) is 0 Å². The molecule has 1 unspecified atom stereocenters. The van der Waals surface area contributed by atoms with Crippen LogP contribution in [0.4, 0.5) is 5.69 Å². The number of anilines is 1. The number of unbranched alkanes of at least 4 members (excludes halogenated alkanes) is 1. The lowest BCUT2D eigenvalue weighted by atomic mass is 9.85. The topological polar surface area (TPSA) is 29.1 Å². The third kappa shape index (κ3) is 2.89. The fourth-order valence-corrected chi connectivity index (χ4v) is 3.47. The minimum atomic E-state index is 0.109. The van der Waals surface area contributed by atoms with Crippen molar-refractivity contribution in [3.05, 3.63) is 29.3 Å². The minimum Gasteiger partial charge on any atom is -0.326 e. The predicted molar refractivity (Wildman–Crippen MR) is 85.3 cm³/mol. The molecule has 0 spiro atoms. The molecule has 2 nitrogen and oxygen atoms in total. The first kappa shape index (κ1) is 15.1. The van der Waals surface area contributed by atoms with Gasteiger partial charge in [-0.1, -0.05) is 52.7 Å². The molecule has 2 heteroatoms. The van der Waals surface area contributed by atoms with E-state index in [1.807, 2.05) is 6.92 Å². The van der Waals surface area contributed by atoms with E-state index < -0.39 is 0 Å². The van der Waals surface area contributed by atoms with E-state index in [0.717, 1.165) is 5.69 Å². The molecule has 0 saturated heterocycles. The Morgan fingerprint density at radius 2 is 2.10 bits per heavy atom. The highest BCUT2D eigenvalue weighted by Crippen LogP contribution is 2.50. The summed E-state index contributed by atoms with van der Waals surface area (Å²) < 4.78 is 0. The Kier molecular flexibility index (Phi) is 4.52. The summed E-state index contributed by atoms with van der Waals surface area (Å²) in [6.07, 6.45) is 5.45. The molecule has 0 heterocycles. The predicted octanol–water partition coefficient (Wildman–Crippen LogP) is 4.99. The molecule has 1 aliphatic carbocycles. The van der Waals surface area contributed by atoms with Crippen LogP contribution in [0, 0.1) is 0 Å². The SMILES string of the molecule is CCCCC1CC(C)(C)c2cccc(NC(=O)CC)c21. The Hall–Kier alpha value is -1.31. The Morgan fingerprint density at radius 3 is 2.75 bits per heavy atom. The zero-order valence-corrected chi connectivity index (χ0v) is 13.3. The number of amides is 1. The number of carbonyl (C=O) groups is 1. The zero-order valence-electron chi connectivity index (χ0n) is 13.3. The summed E-state index contributed by atoms with van der Waals surface area (Å²) in [4.78, 5) is 11.8. The molecule has 0 fully saturated rings. The van der Waals surface area contributed by atoms with E-state index >= 15 is 0 Å². The second-order valence-corrected chi connectivity index (χ2v) is 6.60. The first-order chi connectivity index (χ1) is 9.49. The number of nitrogens with one attached hydrogen (secondary N) is 1. The van der Waals surface area contributed by atoms with Crippen LogP contribution < -0.4 is 5.32 Å². The second kappa shape index (κ2) is 5.99. The van der Waals surface area contributed by atoms with Crippen LogP contribution in [0.15, 0.2) is 18.2 Å². The maximum atomic E-state index is 11.8. The Balaban J connectivity index is 2.37. The molecule has 2 rings (SSSR count). The lowest BCUT2D eigenvalue weighted by Crippen LogP contribution is -2.13. The second-order valence-electron chi connectivity index (χ2n) is 6.60. The van der Waals surface area contributed by atoms with Crippen molar-refractivity contribution in [2.24, 2.45) is 0 Å². The van der Waals surface area contributed by atoms with Crippen molar-refractivity contribution in [3.63, 3.8) is 0 Å². The van der Waals surface area contributed by atoms with E-state index in [-0.39, 0.29) is 11.3 Å². The van der Waals surface area contributed by atoms with E-state index in [9.17, 15) is 4.79 Å². The maximum absolute atomic E-state index is 11.8. The van der Waals surface area contributed by atoms with Crippen LogP contribution in [0.5, 0.6) is 0 Å². The van der Waals surface area contributed by atoms with Gasteiger partial charge in [0.05, 0.1) is 0 Å². The van der Waals surface area contributed by atoms with E-state index in [0.29, 0.717) is 12.3 Å². The Bertz CT molecular complexity index is 490. The summed E-state index contributed by atoms with van der Waals surface area (Å²) in [6, 6.07) is 6.38. The van der Waals surface area contributed by atoms with Gasteiger partial charge in [-0.2, -0.15) is 0 Å². The maximum Gasteiger partial charge on any atom is 0.224 e. The number of fused-ring (bicyclic) bond motifs is 1. The van der Waals surface area contributed by atoms with E-state index in [2.05, 4.69) is 44.3 Å². The van der Waals surface area contributed by atoms with Gasteiger partial charge in [-0.3, -0.25) is 4.79 Å². The van der Waals surface area contributed by atoms with Gasteiger partial charge >= 0.3 is 0 Å². The van der Waals surface area contributed by atoms with Gasteiger partial charge in [0.25, 0.3) is 0 Å². The van der Waals surface area contributed by atoms with Crippen LogP contribution >= 0.6 is 0 Å². The molecule has 1 N–H and O–H groups in total. The van der Waals surface area contributed by atoms with Gasteiger partial charge in [0, 0.05) is 12.1 Å². The fraction of sp³-hybridized carbons (Fsp3) is 0.611. The molecule has 1 aromatic rings. The smallest absolute Gasteiger partial charge is 0.224 e. The Morgan fingerprint density at radius 1 is 1.35 bits per heavy atom. The van der Waals surface area contributed by atoms with Crippen molar-refractivity contribution < 1.29 is 4.79 Å². The highest BCUT2D eigenvalue weighted by Gasteiger charge is 2.37. The van der Waals surface area contributed by atoms with Crippen molar-refractivity contribution in [2.75, 3.05) is 5.32 Å². The average Bonchev–Trinajstić information content (AvgIpc) is 2.69. The first-order valence-corrected chi connectivity index (χ1v) is 7.92. The normalized spacial score (nSPS) is 19.7. The van der Waals surface area contributed by atoms with E-state index in [1.54, 1.807) is 0 Å². The molecule has 0 aliphatic heterocycles. The van der Waals surface area contributed by atoms with Crippen LogP contribution in [-0.4, -0.2) is 5.91 Å². The number of hydrogen-bond acceptors (Lipinski definition) is 1. The molecular weight excluding hydrogens is 246 g/mol. The van der Waals surface area contributed by atoms with Gasteiger partial charge in [-0.25, -0.2) is 0 Å². The van der Waals surface area contributed by atoms with E-state index in [1.165, 1.54) is 36.8 Å². The largest absolute Gasteiger partial charge is 0.326 e. The summed E-state index contributed by atoms with van der Waals surface area (Å²) in [5, 5.41) is 3.10. The van der Waals surface area contributed by atoms with E-state index in [4.69, 9.17) is 0 Å². The Labute approximate surface area is 123 Å². The molecule has 0 saturated carbocycles. The number of carbonyl (C=O) groups excluding carboxylic acids is 1. The molecule has 0 bridgehead atoms. The van der Waals surface area contributed by atoms with Crippen LogP contribution in [0.1, 0.15) is 76.8 Å². The molecule has 1 aliphatic rings. The summed E-state index contributed by atoms with van der Waals surface area (Å²) in [5.74, 6) is 0.700. The molecular formula is C18H27NO. The van der Waals surface area contributed by atoms with Gasteiger partial charge in [0.1, 0.15) is 0 Å². The fourth-order valence-electron chi connectivity index (χ4n) is 3.47. The third-order valence-corrected chi connectivity index (χ3v) is 4.50. The minimum absolute atomic E-state index is 0.109. The quantitative estimate of drug-likeness (QED) is 0.804. The zero-order chi connectivity index (χ0) is 14.8. The number of hydrogen-bond donors (Lipinski definition) is 1. The van der Waals surface area contributed by atoms with Crippen molar-refractivity contribution in [3.8, 4) is 0 Å². The average molecular weight is 273 g/mol. The first-order valence-electron chi connectivity index (χ1n) is 7.92. The summed E-state index contributed by atoms with van der Waals surface area (Å²) in [6.45, 7) is 8.79. The third-order valence-electron chi connectivity index (χ3n) is 4.50. The van der Waals surface area contributed by atoms with Gasteiger partial charge in [0.15, 0.2) is 0 Å². The summed E-state index contributed by atoms with van der Waals surface area (Å²) >= 11 is 0. The van der Waals surface area contributed by atoms with Crippen LogP contribution in [0.2, 0.25) is 0 Å². The lowest BCUT2D eigenvalue weighted by Gasteiger charge is -2.19. The van der Waals surface area contributed by atoms with Gasteiger partial charge in [-0.15, -0.1) is 0 Å². The highest BCUT2D eigenvalue weighted by atomic mass is 16.1. The molecule has 110 valence electrons. The van der Waals surface area contributed by atoms with Crippen molar-refractivity contribution >= 4 is 11.6 Å². The highest BCUT2D eigenvalue weighted by molar-refractivity contribution is 5.91. The lowest BCUT2D eigenvalue weighted by molar-refractivity contribution is -0.115. The van der Waals surface area contributed by atoms with Crippen molar-refractivity contribution in [1.29, 1.82) is 0 Å².